The van der Waals surface area contributed by atoms with Gasteiger partial charge >= 0.3 is 0 Å². The zero-order valence-corrected chi connectivity index (χ0v) is 38.8. The van der Waals surface area contributed by atoms with Crippen LogP contribution in [0.2, 0.25) is 0 Å². The van der Waals surface area contributed by atoms with E-state index in [0.29, 0.717) is 11.3 Å². The molecule has 0 spiro atoms. The van der Waals surface area contributed by atoms with E-state index in [1.807, 2.05) is 27.7 Å². The van der Waals surface area contributed by atoms with Crippen molar-refractivity contribution in [3.63, 3.8) is 0 Å². The van der Waals surface area contributed by atoms with Crippen molar-refractivity contribution in [2.45, 2.75) is 215 Å². The summed E-state index contributed by atoms with van der Waals surface area (Å²) in [6.07, 6.45) is 28.2. The zero-order chi connectivity index (χ0) is 40.2. The van der Waals surface area contributed by atoms with Crippen LogP contribution in [0.1, 0.15) is 215 Å². The van der Waals surface area contributed by atoms with Gasteiger partial charge < -0.3 is 0 Å². The van der Waals surface area contributed by atoms with Gasteiger partial charge in [-0.3, -0.25) is 0 Å². The number of hydrogen-bond acceptors (Lipinski definition) is 0. The van der Waals surface area contributed by atoms with E-state index in [-0.39, 0.29) is 0 Å². The topological polar surface area (TPSA) is 0 Å². The smallest absolute Gasteiger partial charge is 0.0194 e. The Kier molecular flexibility index (Phi) is 33.7. The summed E-state index contributed by atoms with van der Waals surface area (Å²) in [4.78, 5) is 0. The molecule has 0 aromatic rings. The SMILES string of the molecule is C=C(CC/C=C(\C)CCC=C(C)C)CCC1C=C(CC/C=C(\C)CCC=C(C)C)CC(C(C)C)C1C(C)CC(C)(C)C.CC.CC.CCC(C)C. The van der Waals surface area contributed by atoms with Crippen LogP contribution < -0.4 is 0 Å². The summed E-state index contributed by atoms with van der Waals surface area (Å²) in [6, 6.07) is 0. The molecule has 51 heavy (non-hydrogen) atoms. The van der Waals surface area contributed by atoms with Crippen molar-refractivity contribution < 1.29 is 0 Å². The second-order valence-corrected chi connectivity index (χ2v) is 17.8. The zero-order valence-electron chi connectivity index (χ0n) is 38.8. The van der Waals surface area contributed by atoms with Crippen LogP contribution in [0.25, 0.3) is 0 Å². The van der Waals surface area contributed by atoms with Crippen LogP contribution in [0.3, 0.4) is 0 Å². The van der Waals surface area contributed by atoms with Gasteiger partial charge in [-0.15, -0.1) is 0 Å². The van der Waals surface area contributed by atoms with Crippen LogP contribution in [0, 0.1) is 40.9 Å². The predicted molar refractivity (Wildman–Crippen MR) is 241 cm³/mol. The summed E-state index contributed by atoms with van der Waals surface area (Å²) in [7, 11) is 0. The van der Waals surface area contributed by atoms with E-state index in [1.54, 1.807) is 11.1 Å². The molecule has 0 saturated heterocycles. The van der Waals surface area contributed by atoms with Crippen LogP contribution in [0.5, 0.6) is 0 Å². The number of rotatable bonds is 19. The van der Waals surface area contributed by atoms with Gasteiger partial charge in [-0.1, -0.05) is 167 Å². The van der Waals surface area contributed by atoms with Crippen LogP contribution in [0.4, 0.5) is 0 Å². The van der Waals surface area contributed by atoms with E-state index in [1.165, 1.54) is 92.9 Å². The molecule has 0 saturated carbocycles. The molecule has 4 atom stereocenters. The maximum atomic E-state index is 4.56. The molecule has 0 radical (unpaired) electrons. The molecule has 1 rings (SSSR count). The second kappa shape index (κ2) is 31.9. The third-order valence-corrected chi connectivity index (χ3v) is 10.2. The predicted octanol–water partition coefficient (Wildman–Crippen LogP) is 18.3. The van der Waals surface area contributed by atoms with E-state index in [0.717, 1.165) is 42.4 Å². The van der Waals surface area contributed by atoms with Crippen molar-refractivity contribution in [2.24, 2.45) is 40.9 Å². The monoisotopic (exact) mass is 709 g/mol. The van der Waals surface area contributed by atoms with Crippen molar-refractivity contribution in [3.8, 4) is 0 Å². The summed E-state index contributed by atoms with van der Waals surface area (Å²) in [6.45, 7) is 47.4. The van der Waals surface area contributed by atoms with Gasteiger partial charge in [0.1, 0.15) is 0 Å². The first-order valence-corrected chi connectivity index (χ1v) is 21.8. The van der Waals surface area contributed by atoms with E-state index < -0.39 is 0 Å². The highest BCUT2D eigenvalue weighted by molar-refractivity contribution is 5.16. The van der Waals surface area contributed by atoms with Crippen molar-refractivity contribution in [1.82, 2.24) is 0 Å². The van der Waals surface area contributed by atoms with Gasteiger partial charge in [-0.2, -0.15) is 0 Å². The van der Waals surface area contributed by atoms with Gasteiger partial charge in [0, 0.05) is 0 Å². The molecule has 0 heteroatoms. The standard InChI is InChI=1S/C42H72.C5H12.2C2H6/c1-31(2)18-14-20-34(7)22-16-23-36(9)26-27-39-28-38(25-17-24-35(8)21-15-19-32(3)4)29-40(33(5)6)41(39)37(10)30-42(11,12)13;1-4-5(2)3;2*1-2/h18-19,22,24,28,33,37,39-41H,9,14-17,20-21,23,25-27,29-30H2,1-8,10-13H3;5H,4H2,1-3H3;2*1-2H3/b34-22+,35-24+;;;. The molecule has 0 aromatic heterocycles. The lowest BCUT2D eigenvalue weighted by molar-refractivity contribution is 0.0942. The summed E-state index contributed by atoms with van der Waals surface area (Å²) >= 11 is 0. The van der Waals surface area contributed by atoms with Gasteiger partial charge in [-0.05, 0) is 160 Å². The highest BCUT2D eigenvalue weighted by atomic mass is 14.4. The Bertz CT molecular complexity index is 1000. The fraction of sp³-hybridized carbons (Fsp3) is 0.765. The lowest BCUT2D eigenvalue weighted by Crippen LogP contribution is -2.36. The summed E-state index contributed by atoms with van der Waals surface area (Å²) in [5.74, 6) is 4.60. The maximum absolute atomic E-state index is 4.56. The highest BCUT2D eigenvalue weighted by Gasteiger charge is 2.38. The minimum absolute atomic E-state index is 0.378. The Morgan fingerprint density at radius 3 is 1.59 bits per heavy atom. The minimum atomic E-state index is 0.378. The Morgan fingerprint density at radius 2 is 1.18 bits per heavy atom. The first-order chi connectivity index (χ1) is 23.9. The third-order valence-electron chi connectivity index (χ3n) is 10.2. The molecule has 300 valence electrons. The molecule has 0 amide bonds. The highest BCUT2D eigenvalue weighted by Crippen LogP contribution is 2.48. The van der Waals surface area contributed by atoms with Crippen LogP contribution in [-0.4, -0.2) is 0 Å². The molecular weight excluding hydrogens is 613 g/mol. The molecule has 1 aliphatic rings. The third kappa shape index (κ3) is 30.6. The number of hydrogen-bond donors (Lipinski definition) is 0. The quantitative estimate of drug-likeness (QED) is 0.117. The Balaban J connectivity index is -0.00000230. The van der Waals surface area contributed by atoms with Gasteiger partial charge in [0.05, 0.1) is 0 Å². The van der Waals surface area contributed by atoms with E-state index in [2.05, 4.69) is 141 Å². The fourth-order valence-electron chi connectivity index (χ4n) is 7.23. The van der Waals surface area contributed by atoms with E-state index in [4.69, 9.17) is 0 Å². The summed E-state index contributed by atoms with van der Waals surface area (Å²) in [5, 5.41) is 0. The Hall–Kier alpha value is -1.56. The average Bonchev–Trinajstić information content (AvgIpc) is 3.04. The van der Waals surface area contributed by atoms with Crippen LogP contribution in [-0.2, 0) is 0 Å². The largest absolute Gasteiger partial charge is 0.0999 e. The fourth-order valence-corrected chi connectivity index (χ4v) is 7.23. The second-order valence-electron chi connectivity index (χ2n) is 17.8. The van der Waals surface area contributed by atoms with E-state index in [9.17, 15) is 0 Å². The Labute approximate surface area is 325 Å². The summed E-state index contributed by atoms with van der Waals surface area (Å²) < 4.78 is 0. The average molecular weight is 709 g/mol. The van der Waals surface area contributed by atoms with Crippen molar-refractivity contribution in [1.29, 1.82) is 0 Å². The molecule has 0 nitrogen and oxygen atoms in total. The molecule has 0 aromatic carbocycles. The molecule has 0 N–H and O–H groups in total. The van der Waals surface area contributed by atoms with Crippen LogP contribution >= 0.6 is 0 Å². The first kappa shape index (κ1) is 53.8. The molecule has 0 aliphatic heterocycles. The normalized spacial score (nSPS) is 18.3. The molecule has 0 fully saturated rings. The van der Waals surface area contributed by atoms with Crippen LogP contribution in [0.15, 0.2) is 70.4 Å². The molecule has 0 bridgehead atoms. The van der Waals surface area contributed by atoms with Crippen molar-refractivity contribution in [2.75, 3.05) is 0 Å². The lowest BCUT2D eigenvalue weighted by atomic mass is 9.60. The number of allylic oxidation sites excluding steroid dienone is 11. The van der Waals surface area contributed by atoms with Gasteiger partial charge in [-0.25, -0.2) is 0 Å². The van der Waals surface area contributed by atoms with Crippen molar-refractivity contribution >= 4 is 0 Å². The maximum Gasteiger partial charge on any atom is -0.0194 e. The van der Waals surface area contributed by atoms with E-state index >= 15 is 0 Å². The molecule has 1 aliphatic carbocycles. The summed E-state index contributed by atoms with van der Waals surface area (Å²) in [5.41, 5.74) is 9.48. The minimum Gasteiger partial charge on any atom is -0.0999 e. The van der Waals surface area contributed by atoms with Gasteiger partial charge in [0.15, 0.2) is 0 Å². The van der Waals surface area contributed by atoms with Crippen molar-refractivity contribution in [3.05, 3.63) is 70.4 Å². The first-order valence-electron chi connectivity index (χ1n) is 21.8. The van der Waals surface area contributed by atoms with Gasteiger partial charge in [0.25, 0.3) is 0 Å². The molecule has 4 unspecified atom stereocenters. The molecular formula is C51H96. The molecule has 0 heterocycles. The lowest BCUT2D eigenvalue weighted by Gasteiger charge is -2.44. The Morgan fingerprint density at radius 1 is 0.725 bits per heavy atom. The van der Waals surface area contributed by atoms with Gasteiger partial charge in [0.2, 0.25) is 0 Å².